The molecule has 3 rings (SSSR count). The molecule has 0 aromatic heterocycles. The number of carbonyl (C=O) groups is 6. The van der Waals surface area contributed by atoms with Crippen molar-refractivity contribution in [3.05, 3.63) is 95.1 Å². The zero-order valence-corrected chi connectivity index (χ0v) is 33.0. The highest BCUT2D eigenvalue weighted by Gasteiger charge is 2.28. The SMILES string of the molecule is CNC(=O)c1ccc(OCCNC(=O)CC(C)(C)CC(=O)NCCc2ccc(NC(=O)[C@H](CC(C)(C)C)NC(=O)c3cccc(CNC(C)=O)c3)cc2)cc1. The maximum absolute atomic E-state index is 13.4. The Balaban J connectivity index is 1.41. The van der Waals surface area contributed by atoms with Crippen molar-refractivity contribution < 1.29 is 33.5 Å². The van der Waals surface area contributed by atoms with Crippen molar-refractivity contribution in [3.63, 3.8) is 0 Å². The van der Waals surface area contributed by atoms with E-state index in [0.717, 1.165) is 11.1 Å². The number of amides is 6. The molecule has 296 valence electrons. The van der Waals surface area contributed by atoms with Crippen LogP contribution >= 0.6 is 0 Å². The molecule has 0 heterocycles. The predicted molar refractivity (Wildman–Crippen MR) is 212 cm³/mol. The second-order valence-electron chi connectivity index (χ2n) is 15.5. The van der Waals surface area contributed by atoms with Gasteiger partial charge in [0.15, 0.2) is 0 Å². The molecule has 0 aliphatic carbocycles. The Labute approximate surface area is 324 Å². The van der Waals surface area contributed by atoms with Gasteiger partial charge < -0.3 is 36.6 Å². The van der Waals surface area contributed by atoms with Crippen molar-refractivity contribution in [2.75, 3.05) is 32.1 Å². The third kappa shape index (κ3) is 16.5. The van der Waals surface area contributed by atoms with Crippen LogP contribution in [0.15, 0.2) is 72.8 Å². The Kier molecular flexibility index (Phi) is 16.4. The Bertz CT molecular complexity index is 1780. The average molecular weight is 757 g/mol. The molecule has 13 heteroatoms. The molecule has 0 fully saturated rings. The van der Waals surface area contributed by atoms with E-state index in [0.29, 0.717) is 55.0 Å². The summed E-state index contributed by atoms with van der Waals surface area (Å²) in [5.74, 6) is -0.825. The number of nitrogens with one attached hydrogen (secondary N) is 6. The fraction of sp³-hybridized carbons (Fsp3) is 0.429. The average Bonchev–Trinajstić information content (AvgIpc) is 3.12. The number of ether oxygens (including phenoxy) is 1. The molecule has 0 saturated heterocycles. The van der Waals surface area contributed by atoms with Gasteiger partial charge >= 0.3 is 0 Å². The van der Waals surface area contributed by atoms with Crippen LogP contribution < -0.4 is 36.6 Å². The molecule has 1 atom stereocenters. The molecule has 0 aliphatic heterocycles. The van der Waals surface area contributed by atoms with E-state index in [1.165, 1.54) is 6.92 Å². The highest BCUT2D eigenvalue weighted by molar-refractivity contribution is 6.01. The third-order valence-corrected chi connectivity index (χ3v) is 8.44. The van der Waals surface area contributed by atoms with Crippen LogP contribution in [0.5, 0.6) is 5.75 Å². The highest BCUT2D eigenvalue weighted by atomic mass is 16.5. The maximum atomic E-state index is 13.4. The zero-order chi connectivity index (χ0) is 40.6. The van der Waals surface area contributed by atoms with Crippen molar-refractivity contribution in [3.8, 4) is 5.75 Å². The van der Waals surface area contributed by atoms with Crippen LogP contribution in [0.3, 0.4) is 0 Å². The zero-order valence-electron chi connectivity index (χ0n) is 33.0. The smallest absolute Gasteiger partial charge is 0.251 e. The fourth-order valence-electron chi connectivity index (χ4n) is 5.71. The number of carbonyl (C=O) groups excluding carboxylic acids is 6. The van der Waals surface area contributed by atoms with Crippen LogP contribution in [0.4, 0.5) is 5.69 Å². The van der Waals surface area contributed by atoms with Gasteiger partial charge in [-0.3, -0.25) is 28.8 Å². The van der Waals surface area contributed by atoms with E-state index in [9.17, 15) is 28.8 Å². The molecule has 6 amide bonds. The van der Waals surface area contributed by atoms with E-state index in [-0.39, 0.29) is 60.3 Å². The molecule has 0 unspecified atom stereocenters. The summed E-state index contributed by atoms with van der Waals surface area (Å²) in [6.45, 7) is 12.4. The Hall–Kier alpha value is -5.72. The highest BCUT2D eigenvalue weighted by Crippen LogP contribution is 2.25. The predicted octanol–water partition coefficient (Wildman–Crippen LogP) is 4.52. The monoisotopic (exact) mass is 756 g/mol. The molecular weight excluding hydrogens is 700 g/mol. The van der Waals surface area contributed by atoms with Gasteiger partial charge in [-0.15, -0.1) is 0 Å². The molecule has 3 aromatic carbocycles. The Morgan fingerprint density at radius 3 is 1.95 bits per heavy atom. The summed E-state index contributed by atoms with van der Waals surface area (Å²) in [5.41, 5.74) is 2.41. The standard InChI is InChI=1S/C42H56N6O7/c1-28(49)46-27-30-9-8-10-32(23-30)39(53)48-35(24-41(2,3)4)40(54)47-33-15-11-29(12-16-33)19-20-44-36(50)25-42(5,6)26-37(51)45-21-22-55-34-17-13-31(14-18-34)38(52)43-7/h8-18,23,35H,19-22,24-27H2,1-7H3,(H,43,52)(H,44,50)(H,45,51)(H,46,49)(H,47,54)(H,48,53)/t35-/m0/s1. The lowest BCUT2D eigenvalue weighted by Crippen LogP contribution is -2.45. The molecule has 0 radical (unpaired) electrons. The number of hydrogen-bond acceptors (Lipinski definition) is 7. The van der Waals surface area contributed by atoms with Crippen molar-refractivity contribution in [1.82, 2.24) is 26.6 Å². The first-order valence-electron chi connectivity index (χ1n) is 18.5. The van der Waals surface area contributed by atoms with E-state index in [1.807, 2.05) is 52.8 Å². The van der Waals surface area contributed by atoms with Gasteiger partial charge in [-0.1, -0.05) is 58.9 Å². The van der Waals surface area contributed by atoms with Gasteiger partial charge in [0.05, 0.1) is 6.54 Å². The van der Waals surface area contributed by atoms with Gasteiger partial charge in [0, 0.05) is 56.7 Å². The van der Waals surface area contributed by atoms with E-state index < -0.39 is 11.5 Å². The summed E-state index contributed by atoms with van der Waals surface area (Å²) < 4.78 is 5.64. The van der Waals surface area contributed by atoms with E-state index >= 15 is 0 Å². The van der Waals surface area contributed by atoms with Crippen LogP contribution in [0.25, 0.3) is 0 Å². The molecule has 0 saturated carbocycles. The molecule has 0 spiro atoms. The largest absolute Gasteiger partial charge is 0.492 e. The minimum absolute atomic E-state index is 0.156. The van der Waals surface area contributed by atoms with E-state index in [2.05, 4.69) is 31.9 Å². The molecule has 3 aromatic rings. The third-order valence-electron chi connectivity index (χ3n) is 8.44. The summed E-state index contributed by atoms with van der Waals surface area (Å²) in [6.07, 6.45) is 1.32. The quantitative estimate of drug-likeness (QED) is 0.0973. The van der Waals surface area contributed by atoms with Crippen molar-refractivity contribution >= 4 is 41.1 Å². The Morgan fingerprint density at radius 1 is 0.709 bits per heavy atom. The number of benzene rings is 3. The number of rotatable bonds is 19. The first-order chi connectivity index (χ1) is 25.9. The number of hydrogen-bond donors (Lipinski definition) is 6. The van der Waals surface area contributed by atoms with Crippen LogP contribution in [0.2, 0.25) is 0 Å². The van der Waals surface area contributed by atoms with E-state index in [1.54, 1.807) is 61.6 Å². The first kappa shape index (κ1) is 43.7. The van der Waals surface area contributed by atoms with Gasteiger partial charge in [0.2, 0.25) is 23.6 Å². The van der Waals surface area contributed by atoms with Crippen molar-refractivity contribution in [2.45, 2.75) is 79.8 Å². The minimum atomic E-state index is -0.794. The van der Waals surface area contributed by atoms with Crippen molar-refractivity contribution in [2.24, 2.45) is 10.8 Å². The fourth-order valence-corrected chi connectivity index (χ4v) is 5.71. The lowest BCUT2D eigenvalue weighted by Gasteiger charge is -2.26. The first-order valence-corrected chi connectivity index (χ1v) is 18.5. The van der Waals surface area contributed by atoms with Gasteiger partial charge in [0.1, 0.15) is 18.4 Å². The molecule has 0 aliphatic rings. The minimum Gasteiger partial charge on any atom is -0.492 e. The van der Waals surface area contributed by atoms with Crippen LogP contribution in [0.1, 0.15) is 92.6 Å². The summed E-state index contributed by atoms with van der Waals surface area (Å²) in [6, 6.07) is 20.1. The number of anilines is 1. The lowest BCUT2D eigenvalue weighted by atomic mass is 9.85. The second kappa shape index (κ2) is 20.7. The van der Waals surface area contributed by atoms with Crippen LogP contribution in [0, 0.1) is 10.8 Å². The van der Waals surface area contributed by atoms with Crippen molar-refractivity contribution in [1.29, 1.82) is 0 Å². The van der Waals surface area contributed by atoms with Gasteiger partial charge in [-0.2, -0.15) is 0 Å². The topological polar surface area (TPSA) is 184 Å². The molecule has 0 bridgehead atoms. The summed E-state index contributed by atoms with van der Waals surface area (Å²) in [7, 11) is 1.56. The Morgan fingerprint density at radius 2 is 1.35 bits per heavy atom. The van der Waals surface area contributed by atoms with Crippen LogP contribution in [-0.4, -0.2) is 68.2 Å². The van der Waals surface area contributed by atoms with Gasteiger partial charge in [-0.25, -0.2) is 0 Å². The molecule has 13 nitrogen and oxygen atoms in total. The van der Waals surface area contributed by atoms with Crippen LogP contribution in [-0.2, 0) is 32.1 Å². The summed E-state index contributed by atoms with van der Waals surface area (Å²) in [4.78, 5) is 74.8. The normalized spacial score (nSPS) is 11.8. The second-order valence-corrected chi connectivity index (χ2v) is 15.5. The summed E-state index contributed by atoms with van der Waals surface area (Å²) >= 11 is 0. The maximum Gasteiger partial charge on any atom is 0.251 e. The molecule has 6 N–H and O–H groups in total. The van der Waals surface area contributed by atoms with E-state index in [4.69, 9.17) is 4.74 Å². The lowest BCUT2D eigenvalue weighted by molar-refractivity contribution is -0.126. The molecular formula is C42H56N6O7. The van der Waals surface area contributed by atoms with Gasteiger partial charge in [-0.05, 0) is 83.3 Å². The molecule has 55 heavy (non-hydrogen) atoms. The summed E-state index contributed by atoms with van der Waals surface area (Å²) in [5, 5.41) is 16.8. The van der Waals surface area contributed by atoms with Gasteiger partial charge in [0.25, 0.3) is 11.8 Å².